The lowest BCUT2D eigenvalue weighted by molar-refractivity contribution is -0.384. The van der Waals surface area contributed by atoms with Gasteiger partial charge in [0, 0.05) is 26.2 Å². The summed E-state index contributed by atoms with van der Waals surface area (Å²) < 4.78 is 0. The SMILES string of the molecule is CN(C)Nc1cccc([N+](=O)[O-])c1. The number of non-ortho nitro benzene ring substituents is 1. The zero-order valence-corrected chi connectivity index (χ0v) is 7.52. The Bertz CT molecular complexity index is 312. The summed E-state index contributed by atoms with van der Waals surface area (Å²) in [4.78, 5) is 9.99. The van der Waals surface area contributed by atoms with Crippen LogP contribution in [-0.2, 0) is 0 Å². The zero-order valence-electron chi connectivity index (χ0n) is 7.52. The van der Waals surface area contributed by atoms with E-state index in [1.54, 1.807) is 17.1 Å². The molecule has 13 heavy (non-hydrogen) atoms. The zero-order chi connectivity index (χ0) is 9.84. The third kappa shape index (κ3) is 2.72. The normalized spacial score (nSPS) is 10.1. The first-order valence-corrected chi connectivity index (χ1v) is 3.78. The van der Waals surface area contributed by atoms with E-state index in [1.165, 1.54) is 12.1 Å². The van der Waals surface area contributed by atoms with Crippen LogP contribution < -0.4 is 5.43 Å². The quantitative estimate of drug-likeness (QED) is 0.566. The largest absolute Gasteiger partial charge is 0.319 e. The van der Waals surface area contributed by atoms with E-state index in [-0.39, 0.29) is 5.69 Å². The molecule has 5 heteroatoms. The van der Waals surface area contributed by atoms with Crippen LogP contribution in [0, 0.1) is 10.1 Å². The van der Waals surface area contributed by atoms with E-state index >= 15 is 0 Å². The third-order valence-electron chi connectivity index (χ3n) is 1.41. The topological polar surface area (TPSA) is 58.4 Å². The Morgan fingerprint density at radius 2 is 2.15 bits per heavy atom. The number of hydrogen-bond donors (Lipinski definition) is 1. The van der Waals surface area contributed by atoms with Crippen molar-refractivity contribution in [3.63, 3.8) is 0 Å². The second kappa shape index (κ2) is 3.86. The van der Waals surface area contributed by atoms with E-state index in [1.807, 2.05) is 14.1 Å². The van der Waals surface area contributed by atoms with Gasteiger partial charge in [-0.1, -0.05) is 6.07 Å². The molecular weight excluding hydrogens is 170 g/mol. The van der Waals surface area contributed by atoms with E-state index < -0.39 is 4.92 Å². The molecule has 0 aromatic heterocycles. The van der Waals surface area contributed by atoms with Crippen LogP contribution in [0.15, 0.2) is 24.3 Å². The monoisotopic (exact) mass is 181 g/mol. The summed E-state index contributed by atoms with van der Waals surface area (Å²) in [5.74, 6) is 0. The Hall–Kier alpha value is -1.62. The number of hydrogen-bond acceptors (Lipinski definition) is 4. The second-order valence-electron chi connectivity index (χ2n) is 2.81. The van der Waals surface area contributed by atoms with Crippen molar-refractivity contribution in [1.82, 2.24) is 5.01 Å². The molecule has 1 aromatic rings. The van der Waals surface area contributed by atoms with Gasteiger partial charge >= 0.3 is 0 Å². The molecule has 0 amide bonds. The summed E-state index contributed by atoms with van der Waals surface area (Å²) in [6.07, 6.45) is 0. The number of anilines is 1. The van der Waals surface area contributed by atoms with Gasteiger partial charge in [-0.3, -0.25) is 10.1 Å². The second-order valence-corrected chi connectivity index (χ2v) is 2.81. The van der Waals surface area contributed by atoms with Crippen LogP contribution in [-0.4, -0.2) is 24.0 Å². The number of nitro groups is 1. The molecule has 0 radical (unpaired) electrons. The lowest BCUT2D eigenvalue weighted by Gasteiger charge is -2.12. The van der Waals surface area contributed by atoms with Crippen LogP contribution in [0.2, 0.25) is 0 Å². The molecule has 0 unspecified atom stereocenters. The number of nitrogens with zero attached hydrogens (tertiary/aromatic N) is 2. The fourth-order valence-corrected chi connectivity index (χ4v) is 0.947. The summed E-state index contributed by atoms with van der Waals surface area (Å²) in [5.41, 5.74) is 3.73. The van der Waals surface area contributed by atoms with Crippen LogP contribution in [0.5, 0.6) is 0 Å². The highest BCUT2D eigenvalue weighted by Gasteiger charge is 2.04. The van der Waals surface area contributed by atoms with Crippen molar-refractivity contribution in [3.05, 3.63) is 34.4 Å². The number of benzene rings is 1. The third-order valence-corrected chi connectivity index (χ3v) is 1.41. The highest BCUT2D eigenvalue weighted by atomic mass is 16.6. The van der Waals surface area contributed by atoms with Gasteiger partial charge in [0.05, 0.1) is 10.6 Å². The van der Waals surface area contributed by atoms with E-state index in [4.69, 9.17) is 0 Å². The predicted octanol–water partition coefficient (Wildman–Crippen LogP) is 1.48. The molecular formula is C8H11N3O2. The van der Waals surface area contributed by atoms with E-state index in [2.05, 4.69) is 5.43 Å². The average Bonchev–Trinajstić information content (AvgIpc) is 2.03. The first kappa shape index (κ1) is 9.47. The Morgan fingerprint density at radius 1 is 1.46 bits per heavy atom. The molecule has 1 aromatic carbocycles. The van der Waals surface area contributed by atoms with Gasteiger partial charge in [0.1, 0.15) is 0 Å². The molecule has 0 aliphatic carbocycles. The maximum absolute atomic E-state index is 10.4. The van der Waals surface area contributed by atoms with Crippen molar-refractivity contribution in [3.8, 4) is 0 Å². The van der Waals surface area contributed by atoms with Crippen molar-refractivity contribution in [2.24, 2.45) is 0 Å². The van der Waals surface area contributed by atoms with Crippen LogP contribution in [0.4, 0.5) is 11.4 Å². The first-order valence-electron chi connectivity index (χ1n) is 3.78. The predicted molar refractivity (Wildman–Crippen MR) is 50.4 cm³/mol. The molecule has 0 aliphatic rings. The molecule has 0 saturated heterocycles. The van der Waals surface area contributed by atoms with Gasteiger partial charge in [-0.2, -0.15) is 0 Å². The Balaban J connectivity index is 2.85. The molecule has 0 aliphatic heterocycles. The van der Waals surface area contributed by atoms with Gasteiger partial charge in [0.2, 0.25) is 0 Å². The summed E-state index contributed by atoms with van der Waals surface area (Å²) in [5, 5.41) is 12.1. The number of nitrogens with one attached hydrogen (secondary N) is 1. The molecule has 1 rings (SSSR count). The summed E-state index contributed by atoms with van der Waals surface area (Å²) >= 11 is 0. The highest BCUT2D eigenvalue weighted by molar-refractivity contribution is 5.50. The fourth-order valence-electron chi connectivity index (χ4n) is 0.947. The maximum atomic E-state index is 10.4. The number of rotatable bonds is 3. The lowest BCUT2D eigenvalue weighted by Crippen LogP contribution is -2.19. The van der Waals surface area contributed by atoms with Crippen molar-refractivity contribution in [2.45, 2.75) is 0 Å². The number of hydrazine groups is 1. The minimum atomic E-state index is -0.416. The summed E-state index contributed by atoms with van der Waals surface area (Å²) in [7, 11) is 3.64. The Labute approximate surface area is 76.1 Å². The van der Waals surface area contributed by atoms with Crippen molar-refractivity contribution < 1.29 is 4.92 Å². The summed E-state index contributed by atoms with van der Waals surface area (Å²) in [6.45, 7) is 0. The van der Waals surface area contributed by atoms with Gasteiger partial charge in [-0.25, -0.2) is 5.01 Å². The Kier molecular flexibility index (Phi) is 2.81. The fraction of sp³-hybridized carbons (Fsp3) is 0.250. The highest BCUT2D eigenvalue weighted by Crippen LogP contribution is 2.16. The first-order chi connectivity index (χ1) is 6.09. The standard InChI is InChI=1S/C8H11N3O2/c1-10(2)9-7-4-3-5-8(6-7)11(12)13/h3-6,9H,1-2H3. The molecule has 0 spiro atoms. The van der Waals surface area contributed by atoms with E-state index in [9.17, 15) is 10.1 Å². The maximum Gasteiger partial charge on any atom is 0.271 e. The molecule has 0 fully saturated rings. The molecule has 5 nitrogen and oxygen atoms in total. The number of nitro benzene ring substituents is 1. The van der Waals surface area contributed by atoms with Crippen molar-refractivity contribution in [2.75, 3.05) is 19.5 Å². The molecule has 0 heterocycles. The van der Waals surface area contributed by atoms with Gasteiger partial charge in [-0.05, 0) is 6.07 Å². The van der Waals surface area contributed by atoms with Gasteiger partial charge in [0.25, 0.3) is 5.69 Å². The van der Waals surface area contributed by atoms with E-state index in [0.717, 1.165) is 0 Å². The van der Waals surface area contributed by atoms with Crippen LogP contribution >= 0.6 is 0 Å². The van der Waals surface area contributed by atoms with E-state index in [0.29, 0.717) is 5.69 Å². The minimum Gasteiger partial charge on any atom is -0.319 e. The minimum absolute atomic E-state index is 0.0897. The van der Waals surface area contributed by atoms with Gasteiger partial charge in [0.15, 0.2) is 0 Å². The van der Waals surface area contributed by atoms with Crippen molar-refractivity contribution >= 4 is 11.4 Å². The Morgan fingerprint density at radius 3 is 2.69 bits per heavy atom. The molecule has 0 saturated carbocycles. The van der Waals surface area contributed by atoms with Crippen LogP contribution in [0.25, 0.3) is 0 Å². The van der Waals surface area contributed by atoms with Gasteiger partial charge in [-0.15, -0.1) is 0 Å². The van der Waals surface area contributed by atoms with Crippen molar-refractivity contribution in [1.29, 1.82) is 0 Å². The molecule has 0 atom stereocenters. The molecule has 1 N–H and O–H groups in total. The average molecular weight is 181 g/mol. The summed E-state index contributed by atoms with van der Waals surface area (Å²) in [6, 6.07) is 6.36. The smallest absolute Gasteiger partial charge is 0.271 e. The molecule has 0 bridgehead atoms. The van der Waals surface area contributed by atoms with Crippen LogP contribution in [0.1, 0.15) is 0 Å². The lowest BCUT2D eigenvalue weighted by atomic mass is 10.3. The van der Waals surface area contributed by atoms with Crippen LogP contribution in [0.3, 0.4) is 0 Å². The van der Waals surface area contributed by atoms with Gasteiger partial charge < -0.3 is 5.43 Å². The molecule has 70 valence electrons.